The lowest BCUT2D eigenvalue weighted by Gasteiger charge is -2.22. The Balaban J connectivity index is 1.46. The van der Waals surface area contributed by atoms with Crippen molar-refractivity contribution in [2.45, 2.75) is 39.0 Å². The number of aromatic nitrogens is 1. The number of hydrogen-bond donors (Lipinski definition) is 2. The Hall–Kier alpha value is -2.80. The first-order valence-corrected chi connectivity index (χ1v) is 11.6. The molecule has 0 unspecified atom stereocenters. The number of nitrogens with two attached hydrogens (primary N) is 1. The van der Waals surface area contributed by atoms with Crippen LogP contribution >= 0.6 is 11.3 Å². The van der Waals surface area contributed by atoms with Crippen LogP contribution in [0.1, 0.15) is 46.3 Å². The van der Waals surface area contributed by atoms with Crippen molar-refractivity contribution in [2.75, 3.05) is 26.5 Å². The van der Waals surface area contributed by atoms with Gasteiger partial charge in [0.15, 0.2) is 11.5 Å². The minimum absolute atomic E-state index is 0.148. The Morgan fingerprint density at radius 1 is 1.26 bits per heavy atom. The Morgan fingerprint density at radius 2 is 2.06 bits per heavy atom. The molecule has 2 aromatic heterocycles. The zero-order valence-electron chi connectivity index (χ0n) is 18.3. The van der Waals surface area contributed by atoms with Crippen molar-refractivity contribution in [3.8, 4) is 11.5 Å². The maximum atomic E-state index is 12.8. The lowest BCUT2D eigenvalue weighted by Crippen LogP contribution is -2.25. The van der Waals surface area contributed by atoms with Crippen molar-refractivity contribution in [3.05, 3.63) is 46.0 Å². The van der Waals surface area contributed by atoms with Crippen LogP contribution in [0.5, 0.6) is 11.5 Å². The molecule has 1 aromatic carbocycles. The number of aryl methyl sites for hydroxylation is 1. The molecule has 0 radical (unpaired) electrons. The summed E-state index contributed by atoms with van der Waals surface area (Å²) in [6, 6.07) is 7.93. The van der Waals surface area contributed by atoms with Crippen LogP contribution in [0.4, 0.5) is 5.69 Å². The minimum atomic E-state index is -0.148. The molecule has 0 aliphatic heterocycles. The van der Waals surface area contributed by atoms with Crippen molar-refractivity contribution in [1.29, 1.82) is 0 Å². The van der Waals surface area contributed by atoms with E-state index in [1.807, 2.05) is 18.2 Å². The number of thiophene rings is 1. The third-order valence-electron chi connectivity index (χ3n) is 6.12. The highest BCUT2D eigenvalue weighted by Crippen LogP contribution is 2.36. The van der Waals surface area contributed by atoms with E-state index in [0.29, 0.717) is 40.9 Å². The molecule has 1 atom stereocenters. The van der Waals surface area contributed by atoms with Crippen LogP contribution in [0.2, 0.25) is 0 Å². The smallest absolute Gasteiger partial charge is 0.263 e. The van der Waals surface area contributed by atoms with Crippen LogP contribution < -0.4 is 20.5 Å². The number of amides is 1. The highest BCUT2D eigenvalue weighted by molar-refractivity contribution is 7.21. The maximum absolute atomic E-state index is 12.8. The van der Waals surface area contributed by atoms with Gasteiger partial charge in [0.2, 0.25) is 0 Å². The molecular formula is C24H29N3O3S. The molecule has 0 spiro atoms. The molecule has 3 N–H and O–H groups in total. The fourth-order valence-corrected chi connectivity index (χ4v) is 5.23. The van der Waals surface area contributed by atoms with Gasteiger partial charge < -0.3 is 20.5 Å². The normalized spacial score (nSPS) is 15.5. The van der Waals surface area contributed by atoms with Gasteiger partial charge >= 0.3 is 0 Å². The average Bonchev–Trinajstić information content (AvgIpc) is 3.12. The van der Waals surface area contributed by atoms with Gasteiger partial charge in [-0.05, 0) is 60.9 Å². The number of carbonyl (C=O) groups is 1. The predicted octanol–water partition coefficient (Wildman–Crippen LogP) is 4.38. The summed E-state index contributed by atoms with van der Waals surface area (Å²) in [6.07, 6.45) is 5.11. The lowest BCUT2D eigenvalue weighted by atomic mass is 9.85. The number of nitrogens with zero attached hydrogens (tertiary/aromatic N) is 1. The number of ether oxygens (including phenoxy) is 2. The largest absolute Gasteiger partial charge is 0.493 e. The Labute approximate surface area is 186 Å². The van der Waals surface area contributed by atoms with E-state index in [2.05, 4.69) is 18.3 Å². The van der Waals surface area contributed by atoms with Gasteiger partial charge in [0.1, 0.15) is 9.71 Å². The third kappa shape index (κ3) is 4.32. The summed E-state index contributed by atoms with van der Waals surface area (Å²) in [5.74, 6) is 1.94. The van der Waals surface area contributed by atoms with Gasteiger partial charge in [-0.1, -0.05) is 19.4 Å². The number of methoxy groups -OCH3 is 2. The van der Waals surface area contributed by atoms with Crippen LogP contribution in [-0.4, -0.2) is 31.7 Å². The van der Waals surface area contributed by atoms with Gasteiger partial charge in [0.25, 0.3) is 5.91 Å². The highest BCUT2D eigenvalue weighted by atomic mass is 32.1. The first kappa shape index (κ1) is 21.4. The zero-order valence-corrected chi connectivity index (χ0v) is 19.1. The number of pyridine rings is 1. The van der Waals surface area contributed by atoms with Crippen LogP contribution in [0.3, 0.4) is 0 Å². The van der Waals surface area contributed by atoms with E-state index in [1.165, 1.54) is 35.4 Å². The second-order valence-electron chi connectivity index (χ2n) is 8.00. The lowest BCUT2D eigenvalue weighted by molar-refractivity contribution is 0.0959. The van der Waals surface area contributed by atoms with Crippen molar-refractivity contribution in [3.63, 3.8) is 0 Å². The van der Waals surface area contributed by atoms with Crippen molar-refractivity contribution in [1.82, 2.24) is 10.3 Å². The fraction of sp³-hybridized carbons (Fsp3) is 0.417. The zero-order chi connectivity index (χ0) is 22.0. The van der Waals surface area contributed by atoms with Crippen molar-refractivity contribution in [2.24, 2.45) is 5.92 Å². The van der Waals surface area contributed by atoms with E-state index in [0.717, 1.165) is 28.6 Å². The topological polar surface area (TPSA) is 86.5 Å². The summed E-state index contributed by atoms with van der Waals surface area (Å²) < 4.78 is 10.6. The second-order valence-corrected chi connectivity index (χ2v) is 9.00. The first-order chi connectivity index (χ1) is 15.0. The number of carbonyl (C=O) groups excluding carboxylic acids is 1. The van der Waals surface area contributed by atoms with Crippen LogP contribution in [0.15, 0.2) is 24.3 Å². The summed E-state index contributed by atoms with van der Waals surface area (Å²) in [5.41, 5.74) is 10.4. The molecule has 3 aromatic rings. The van der Waals surface area contributed by atoms with E-state index in [9.17, 15) is 4.79 Å². The van der Waals surface area contributed by atoms with Gasteiger partial charge in [-0.25, -0.2) is 4.98 Å². The van der Waals surface area contributed by atoms with E-state index in [4.69, 9.17) is 20.2 Å². The van der Waals surface area contributed by atoms with Crippen molar-refractivity contribution < 1.29 is 14.3 Å². The number of hydrogen-bond acceptors (Lipinski definition) is 6. The molecule has 6 nitrogen and oxygen atoms in total. The Morgan fingerprint density at radius 3 is 2.81 bits per heavy atom. The van der Waals surface area contributed by atoms with Crippen molar-refractivity contribution >= 4 is 33.1 Å². The first-order valence-electron chi connectivity index (χ1n) is 10.7. The second kappa shape index (κ2) is 9.14. The molecule has 0 saturated carbocycles. The molecule has 0 bridgehead atoms. The molecule has 0 saturated heterocycles. The summed E-state index contributed by atoms with van der Waals surface area (Å²) >= 11 is 1.38. The van der Waals surface area contributed by atoms with Crippen LogP contribution in [-0.2, 0) is 19.3 Å². The fourth-order valence-electron chi connectivity index (χ4n) is 4.22. The van der Waals surface area contributed by atoms with E-state index in [1.54, 1.807) is 14.2 Å². The molecule has 164 valence electrons. The summed E-state index contributed by atoms with van der Waals surface area (Å²) in [5, 5.41) is 3.90. The average molecular weight is 440 g/mol. The Kier molecular flexibility index (Phi) is 6.32. The van der Waals surface area contributed by atoms with Crippen LogP contribution in [0.25, 0.3) is 10.2 Å². The number of benzene rings is 1. The molecule has 2 heterocycles. The standard InChI is InChI=1S/C24H29N3O3S/c1-4-14-5-7-18-16(11-14)13-17-21(25)22(31-24(17)27-18)23(28)26-10-9-15-6-8-19(29-2)20(12-15)30-3/h6,8,12-14H,4-5,7,9-11,25H2,1-3H3,(H,26,28)/t14-/m0/s1. The molecule has 7 heteroatoms. The molecule has 1 aliphatic carbocycles. The quantitative estimate of drug-likeness (QED) is 0.570. The van der Waals surface area contributed by atoms with Crippen LogP contribution in [0, 0.1) is 5.92 Å². The maximum Gasteiger partial charge on any atom is 0.263 e. The van der Waals surface area contributed by atoms with Gasteiger partial charge in [0, 0.05) is 17.6 Å². The molecule has 0 fully saturated rings. The summed E-state index contributed by atoms with van der Waals surface area (Å²) in [7, 11) is 3.22. The van der Waals surface area contributed by atoms with E-state index >= 15 is 0 Å². The third-order valence-corrected chi connectivity index (χ3v) is 7.23. The van der Waals surface area contributed by atoms with Gasteiger partial charge in [-0.3, -0.25) is 4.79 Å². The number of fused-ring (bicyclic) bond motifs is 2. The summed E-state index contributed by atoms with van der Waals surface area (Å²) in [6.45, 7) is 2.75. The Bertz CT molecular complexity index is 1110. The van der Waals surface area contributed by atoms with E-state index in [-0.39, 0.29) is 5.91 Å². The number of rotatable bonds is 7. The minimum Gasteiger partial charge on any atom is -0.493 e. The predicted molar refractivity (Wildman–Crippen MR) is 125 cm³/mol. The molecular weight excluding hydrogens is 410 g/mol. The monoisotopic (exact) mass is 439 g/mol. The van der Waals surface area contributed by atoms with Gasteiger partial charge in [0.05, 0.1) is 19.9 Å². The molecule has 1 aliphatic rings. The van der Waals surface area contributed by atoms with E-state index < -0.39 is 0 Å². The molecule has 1 amide bonds. The molecule has 4 rings (SSSR count). The number of nitrogens with one attached hydrogen (secondary N) is 1. The van der Waals surface area contributed by atoms with Gasteiger partial charge in [-0.2, -0.15) is 0 Å². The number of nitrogen functional groups attached to an aromatic ring is 1. The molecule has 31 heavy (non-hydrogen) atoms. The number of anilines is 1. The SMILES string of the molecule is CC[C@H]1CCc2nc3sc(C(=O)NCCc4ccc(OC)c(OC)c4)c(N)c3cc2C1. The highest BCUT2D eigenvalue weighted by Gasteiger charge is 2.23. The van der Waals surface area contributed by atoms with Gasteiger partial charge in [-0.15, -0.1) is 11.3 Å². The summed E-state index contributed by atoms with van der Waals surface area (Å²) in [4.78, 5) is 19.1.